The normalized spacial score (nSPS) is 25.3. The summed E-state index contributed by atoms with van der Waals surface area (Å²) >= 11 is 0. The first-order chi connectivity index (χ1) is 13.0. The van der Waals surface area contributed by atoms with E-state index < -0.39 is 17.4 Å². The summed E-state index contributed by atoms with van der Waals surface area (Å²) in [5, 5.41) is 3.71. The van der Waals surface area contributed by atoms with Crippen LogP contribution in [0, 0.1) is 10.8 Å². The molecule has 28 heavy (non-hydrogen) atoms. The summed E-state index contributed by atoms with van der Waals surface area (Å²) in [7, 11) is 0. The molecule has 0 aromatic heterocycles. The van der Waals surface area contributed by atoms with Gasteiger partial charge in [0, 0.05) is 18.6 Å². The van der Waals surface area contributed by atoms with Crippen LogP contribution in [-0.2, 0) is 10.3 Å². The summed E-state index contributed by atoms with van der Waals surface area (Å²) in [6.07, 6.45) is 3.92. The van der Waals surface area contributed by atoms with Gasteiger partial charge in [-0.15, -0.1) is 0 Å². The minimum atomic E-state index is -0.808. The van der Waals surface area contributed by atoms with Gasteiger partial charge in [-0.25, -0.2) is 4.79 Å². The Labute approximate surface area is 169 Å². The highest BCUT2D eigenvalue weighted by molar-refractivity contribution is 5.81. The Hall–Kier alpha value is -2.08. The van der Waals surface area contributed by atoms with E-state index >= 15 is 0 Å². The van der Waals surface area contributed by atoms with Crippen molar-refractivity contribution in [2.45, 2.75) is 58.9 Å². The second-order valence-electron chi connectivity index (χ2n) is 9.23. The molecule has 1 aromatic carbocycles. The Morgan fingerprint density at radius 3 is 2.14 bits per heavy atom. The van der Waals surface area contributed by atoms with Crippen LogP contribution in [0.4, 0.5) is 4.79 Å². The number of hydrogen-bond donors (Lipinski definition) is 3. The van der Waals surface area contributed by atoms with E-state index in [1.54, 1.807) is 18.7 Å². The number of benzene rings is 1. The zero-order valence-corrected chi connectivity index (χ0v) is 17.8. The number of amides is 3. The molecular weight excluding hydrogens is 352 g/mol. The highest BCUT2D eigenvalue weighted by atomic mass is 16.2. The third kappa shape index (κ3) is 5.04. The quantitative estimate of drug-likeness (QED) is 0.638. The Kier molecular flexibility index (Phi) is 6.75. The molecule has 0 spiro atoms. The first kappa shape index (κ1) is 22.2. The van der Waals surface area contributed by atoms with E-state index in [1.807, 2.05) is 6.07 Å². The van der Waals surface area contributed by atoms with Gasteiger partial charge in [-0.3, -0.25) is 4.79 Å². The largest absolute Gasteiger partial charge is 0.369 e. The molecule has 156 valence electrons. The van der Waals surface area contributed by atoms with Gasteiger partial charge in [0.05, 0.1) is 5.41 Å². The number of hydrogen-bond acceptors (Lipinski definition) is 3. The molecule has 2 rings (SSSR count). The van der Waals surface area contributed by atoms with Gasteiger partial charge in [0.15, 0.2) is 0 Å². The Morgan fingerprint density at radius 2 is 1.68 bits per heavy atom. The van der Waals surface area contributed by atoms with Crippen LogP contribution >= 0.6 is 0 Å². The lowest BCUT2D eigenvalue weighted by atomic mass is 9.65. The molecule has 0 bridgehead atoms. The van der Waals surface area contributed by atoms with Crippen molar-refractivity contribution in [3.8, 4) is 0 Å². The van der Waals surface area contributed by atoms with Gasteiger partial charge in [0.1, 0.15) is 0 Å². The molecule has 5 N–H and O–H groups in total. The zero-order valence-electron chi connectivity index (χ0n) is 17.8. The van der Waals surface area contributed by atoms with Crippen LogP contribution in [0.25, 0.3) is 0 Å². The molecule has 1 aliphatic rings. The molecule has 0 radical (unpaired) electrons. The summed E-state index contributed by atoms with van der Waals surface area (Å²) in [5.74, 6) is -0.428. The molecule has 0 unspecified atom stereocenters. The lowest BCUT2D eigenvalue weighted by Gasteiger charge is -2.47. The number of carbonyl (C=O) groups excluding carboxylic acids is 2. The van der Waals surface area contributed by atoms with E-state index in [0.29, 0.717) is 6.54 Å². The van der Waals surface area contributed by atoms with Crippen molar-refractivity contribution < 1.29 is 9.59 Å². The standard InChI is InChI=1S/C22H36N4O2/c1-5-25-22(17-9-7-6-8-10-17)13-11-21(4,12-14-22)16-26(19(24)28)15-20(2,3)18(23)27/h6-10,25H,5,11-16H2,1-4H3,(H2,23,27)(H2,24,28)/t21-,22-. The van der Waals surface area contributed by atoms with Crippen molar-refractivity contribution in [3.05, 3.63) is 35.9 Å². The number of nitrogens with two attached hydrogens (primary N) is 2. The van der Waals surface area contributed by atoms with E-state index in [-0.39, 0.29) is 17.5 Å². The number of nitrogens with one attached hydrogen (secondary N) is 1. The van der Waals surface area contributed by atoms with Crippen molar-refractivity contribution >= 4 is 11.9 Å². The molecule has 3 amide bonds. The fraction of sp³-hybridized carbons (Fsp3) is 0.636. The number of nitrogens with zero attached hydrogens (tertiary/aromatic N) is 1. The van der Waals surface area contributed by atoms with Gasteiger partial charge < -0.3 is 21.7 Å². The maximum absolute atomic E-state index is 12.1. The second kappa shape index (κ2) is 8.52. The third-order valence-electron chi connectivity index (χ3n) is 6.29. The molecule has 1 aromatic rings. The molecule has 0 atom stereocenters. The third-order valence-corrected chi connectivity index (χ3v) is 6.29. The van der Waals surface area contributed by atoms with E-state index in [9.17, 15) is 9.59 Å². The smallest absolute Gasteiger partial charge is 0.314 e. The lowest BCUT2D eigenvalue weighted by molar-refractivity contribution is -0.126. The molecule has 6 heteroatoms. The van der Waals surface area contributed by atoms with Gasteiger partial charge >= 0.3 is 6.03 Å². The molecule has 1 aliphatic carbocycles. The van der Waals surface area contributed by atoms with Crippen molar-refractivity contribution in [1.29, 1.82) is 0 Å². The first-order valence-corrected chi connectivity index (χ1v) is 10.2. The van der Waals surface area contributed by atoms with Crippen LogP contribution < -0.4 is 16.8 Å². The minimum Gasteiger partial charge on any atom is -0.369 e. The van der Waals surface area contributed by atoms with Gasteiger partial charge in [-0.2, -0.15) is 0 Å². The predicted octanol–water partition coefficient (Wildman–Crippen LogP) is 2.96. The summed E-state index contributed by atoms with van der Waals surface area (Å²) < 4.78 is 0. The fourth-order valence-corrected chi connectivity index (χ4v) is 4.33. The van der Waals surface area contributed by atoms with Crippen LogP contribution in [0.15, 0.2) is 30.3 Å². The predicted molar refractivity (Wildman–Crippen MR) is 113 cm³/mol. The average molecular weight is 389 g/mol. The average Bonchev–Trinajstić information content (AvgIpc) is 2.64. The topological polar surface area (TPSA) is 101 Å². The Morgan fingerprint density at radius 1 is 1.11 bits per heavy atom. The Balaban J connectivity index is 2.13. The molecule has 0 saturated heterocycles. The summed E-state index contributed by atoms with van der Waals surface area (Å²) in [6.45, 7) is 9.53. The van der Waals surface area contributed by atoms with Crippen molar-refractivity contribution in [2.75, 3.05) is 19.6 Å². The van der Waals surface area contributed by atoms with E-state index in [4.69, 9.17) is 11.5 Å². The monoisotopic (exact) mass is 388 g/mol. The van der Waals surface area contributed by atoms with Gasteiger partial charge in [-0.05, 0) is 57.1 Å². The van der Waals surface area contributed by atoms with Crippen LogP contribution in [0.5, 0.6) is 0 Å². The summed E-state index contributed by atoms with van der Waals surface area (Å²) in [4.78, 5) is 25.3. The van der Waals surface area contributed by atoms with Crippen LogP contribution in [0.1, 0.15) is 58.9 Å². The summed E-state index contributed by atoms with van der Waals surface area (Å²) in [6, 6.07) is 10.1. The molecular formula is C22H36N4O2. The maximum Gasteiger partial charge on any atom is 0.314 e. The number of primary amides is 2. The molecule has 1 fully saturated rings. The van der Waals surface area contributed by atoms with E-state index in [1.165, 1.54) is 5.56 Å². The summed E-state index contributed by atoms with van der Waals surface area (Å²) in [5.41, 5.74) is 11.6. The minimum absolute atomic E-state index is 0.0282. The highest BCUT2D eigenvalue weighted by Gasteiger charge is 2.42. The SMILES string of the molecule is CCN[C@]1(c2ccccc2)CC[C@@](C)(CN(CC(C)(C)C(N)=O)C(N)=O)CC1. The molecule has 1 saturated carbocycles. The molecule has 0 heterocycles. The zero-order chi connectivity index (χ0) is 21.0. The van der Waals surface area contributed by atoms with Crippen LogP contribution in [0.3, 0.4) is 0 Å². The van der Waals surface area contributed by atoms with Crippen LogP contribution in [-0.4, -0.2) is 36.5 Å². The van der Waals surface area contributed by atoms with Gasteiger partial charge in [0.2, 0.25) is 5.91 Å². The number of urea groups is 1. The fourth-order valence-electron chi connectivity index (χ4n) is 4.33. The first-order valence-electron chi connectivity index (χ1n) is 10.2. The lowest BCUT2D eigenvalue weighted by Crippen LogP contribution is -2.53. The molecule has 6 nitrogen and oxygen atoms in total. The van der Waals surface area contributed by atoms with E-state index in [0.717, 1.165) is 32.2 Å². The van der Waals surface area contributed by atoms with Crippen LogP contribution in [0.2, 0.25) is 0 Å². The van der Waals surface area contributed by atoms with E-state index in [2.05, 4.69) is 43.4 Å². The number of rotatable bonds is 8. The molecule has 0 aliphatic heterocycles. The number of carbonyl (C=O) groups is 2. The maximum atomic E-state index is 12.1. The van der Waals surface area contributed by atoms with Gasteiger partial charge in [-0.1, -0.05) is 44.2 Å². The highest BCUT2D eigenvalue weighted by Crippen LogP contribution is 2.46. The second-order valence-corrected chi connectivity index (χ2v) is 9.23. The van der Waals surface area contributed by atoms with Crippen molar-refractivity contribution in [2.24, 2.45) is 22.3 Å². The van der Waals surface area contributed by atoms with Crippen molar-refractivity contribution in [1.82, 2.24) is 10.2 Å². The van der Waals surface area contributed by atoms with Crippen molar-refractivity contribution in [3.63, 3.8) is 0 Å². The van der Waals surface area contributed by atoms with Gasteiger partial charge in [0.25, 0.3) is 0 Å². The Bertz CT molecular complexity index is 679.